The lowest BCUT2D eigenvalue weighted by Crippen LogP contribution is -2.48. The van der Waals surface area contributed by atoms with Gasteiger partial charge in [0.2, 0.25) is 0 Å². The number of aromatic nitrogens is 2. The SMILES string of the molecule is OCC1COCCN1c1ncnc2c1CCCCC2. The first-order valence-corrected chi connectivity index (χ1v) is 7.18. The minimum absolute atomic E-state index is 0.0241. The lowest BCUT2D eigenvalue weighted by molar-refractivity contribution is 0.0721. The third-order valence-electron chi connectivity index (χ3n) is 4.06. The van der Waals surface area contributed by atoms with Crippen LogP contribution in [0.25, 0.3) is 0 Å². The molecule has 1 unspecified atom stereocenters. The van der Waals surface area contributed by atoms with E-state index >= 15 is 0 Å². The number of aliphatic hydroxyl groups excluding tert-OH is 1. The Hall–Kier alpha value is -1.20. The number of aliphatic hydroxyl groups is 1. The van der Waals surface area contributed by atoms with E-state index < -0.39 is 0 Å². The summed E-state index contributed by atoms with van der Waals surface area (Å²) in [7, 11) is 0. The summed E-state index contributed by atoms with van der Waals surface area (Å²) in [4.78, 5) is 11.2. The number of aryl methyl sites for hydroxylation is 1. The van der Waals surface area contributed by atoms with Gasteiger partial charge in [-0.2, -0.15) is 0 Å². The highest BCUT2D eigenvalue weighted by Crippen LogP contribution is 2.28. The van der Waals surface area contributed by atoms with E-state index in [4.69, 9.17) is 4.74 Å². The summed E-state index contributed by atoms with van der Waals surface area (Å²) in [5.41, 5.74) is 2.49. The van der Waals surface area contributed by atoms with E-state index in [2.05, 4.69) is 14.9 Å². The molecule has 19 heavy (non-hydrogen) atoms. The molecule has 1 aromatic heterocycles. The molecule has 0 amide bonds. The zero-order chi connectivity index (χ0) is 13.1. The van der Waals surface area contributed by atoms with Crippen molar-refractivity contribution in [3.05, 3.63) is 17.6 Å². The lowest BCUT2D eigenvalue weighted by Gasteiger charge is -2.36. The van der Waals surface area contributed by atoms with Gasteiger partial charge in [-0.3, -0.25) is 0 Å². The van der Waals surface area contributed by atoms with Crippen molar-refractivity contribution in [3.8, 4) is 0 Å². The van der Waals surface area contributed by atoms with Gasteiger partial charge in [-0.25, -0.2) is 9.97 Å². The smallest absolute Gasteiger partial charge is 0.135 e. The maximum atomic E-state index is 9.52. The van der Waals surface area contributed by atoms with Crippen molar-refractivity contribution < 1.29 is 9.84 Å². The molecule has 5 nitrogen and oxygen atoms in total. The third kappa shape index (κ3) is 2.58. The number of hydrogen-bond donors (Lipinski definition) is 1. The van der Waals surface area contributed by atoms with Gasteiger partial charge in [0.15, 0.2) is 0 Å². The second kappa shape index (κ2) is 5.84. The van der Waals surface area contributed by atoms with E-state index in [-0.39, 0.29) is 12.6 Å². The zero-order valence-corrected chi connectivity index (χ0v) is 11.2. The average Bonchev–Trinajstić information content (AvgIpc) is 2.72. The highest BCUT2D eigenvalue weighted by molar-refractivity contribution is 5.50. The van der Waals surface area contributed by atoms with E-state index in [0.29, 0.717) is 13.2 Å². The molecule has 0 saturated carbocycles. The quantitative estimate of drug-likeness (QED) is 0.805. The number of rotatable bonds is 2. The van der Waals surface area contributed by atoms with Crippen LogP contribution in [0.4, 0.5) is 5.82 Å². The van der Waals surface area contributed by atoms with Gasteiger partial charge in [-0.15, -0.1) is 0 Å². The van der Waals surface area contributed by atoms with Crippen LogP contribution < -0.4 is 4.90 Å². The van der Waals surface area contributed by atoms with Crippen LogP contribution in [0.5, 0.6) is 0 Å². The first-order valence-electron chi connectivity index (χ1n) is 7.18. The number of anilines is 1. The van der Waals surface area contributed by atoms with Gasteiger partial charge in [0, 0.05) is 17.8 Å². The number of morpholine rings is 1. The first-order chi connectivity index (χ1) is 9.40. The van der Waals surface area contributed by atoms with Crippen molar-refractivity contribution in [2.45, 2.75) is 38.1 Å². The molecule has 1 aliphatic carbocycles. The highest BCUT2D eigenvalue weighted by atomic mass is 16.5. The van der Waals surface area contributed by atoms with Gasteiger partial charge in [0.05, 0.1) is 25.9 Å². The largest absolute Gasteiger partial charge is 0.394 e. The second-order valence-corrected chi connectivity index (χ2v) is 5.29. The monoisotopic (exact) mass is 263 g/mol. The van der Waals surface area contributed by atoms with Gasteiger partial charge in [-0.05, 0) is 25.7 Å². The van der Waals surface area contributed by atoms with Crippen molar-refractivity contribution in [1.29, 1.82) is 0 Å². The Kier molecular flexibility index (Phi) is 3.94. The summed E-state index contributed by atoms with van der Waals surface area (Å²) in [6.45, 7) is 2.19. The number of fused-ring (bicyclic) bond motifs is 1. The normalized spacial score (nSPS) is 23.8. The summed E-state index contributed by atoms with van der Waals surface area (Å²) in [5, 5.41) is 9.52. The molecule has 0 bridgehead atoms. The van der Waals surface area contributed by atoms with E-state index in [1.54, 1.807) is 6.33 Å². The maximum Gasteiger partial charge on any atom is 0.135 e. The van der Waals surface area contributed by atoms with Crippen molar-refractivity contribution in [3.63, 3.8) is 0 Å². The minimum Gasteiger partial charge on any atom is -0.394 e. The molecule has 3 rings (SSSR count). The Morgan fingerprint density at radius 1 is 1.26 bits per heavy atom. The number of nitrogens with zero attached hydrogens (tertiary/aromatic N) is 3. The van der Waals surface area contributed by atoms with Gasteiger partial charge in [-0.1, -0.05) is 6.42 Å². The fraction of sp³-hybridized carbons (Fsp3) is 0.714. The molecule has 1 N–H and O–H groups in total. The van der Waals surface area contributed by atoms with Crippen LogP contribution in [0, 0.1) is 0 Å². The molecule has 1 aliphatic heterocycles. The predicted octanol–water partition coefficient (Wildman–Crippen LogP) is 0.943. The highest BCUT2D eigenvalue weighted by Gasteiger charge is 2.27. The molecule has 104 valence electrons. The Morgan fingerprint density at radius 2 is 2.16 bits per heavy atom. The summed E-state index contributed by atoms with van der Waals surface area (Å²) < 4.78 is 5.45. The fourth-order valence-corrected chi connectivity index (χ4v) is 3.01. The molecule has 1 saturated heterocycles. The van der Waals surface area contributed by atoms with Crippen LogP contribution in [0.1, 0.15) is 30.5 Å². The third-order valence-corrected chi connectivity index (χ3v) is 4.06. The van der Waals surface area contributed by atoms with Gasteiger partial charge in [0.1, 0.15) is 12.1 Å². The summed E-state index contributed by atoms with van der Waals surface area (Å²) in [6.07, 6.45) is 7.48. The Balaban J connectivity index is 1.95. The van der Waals surface area contributed by atoms with Crippen molar-refractivity contribution in [2.75, 3.05) is 31.3 Å². The first kappa shape index (κ1) is 12.8. The molecular formula is C14H21N3O2. The average molecular weight is 263 g/mol. The maximum absolute atomic E-state index is 9.52. The van der Waals surface area contributed by atoms with Gasteiger partial charge in [0.25, 0.3) is 0 Å². The molecule has 0 spiro atoms. The van der Waals surface area contributed by atoms with Crippen LogP contribution in [0.3, 0.4) is 0 Å². The molecule has 1 atom stereocenters. The number of ether oxygens (including phenoxy) is 1. The molecule has 2 aliphatic rings. The summed E-state index contributed by atoms with van der Waals surface area (Å²) in [5.74, 6) is 1.02. The summed E-state index contributed by atoms with van der Waals surface area (Å²) >= 11 is 0. The van der Waals surface area contributed by atoms with Gasteiger partial charge >= 0.3 is 0 Å². The molecule has 1 aromatic rings. The zero-order valence-electron chi connectivity index (χ0n) is 11.2. The van der Waals surface area contributed by atoms with E-state index in [0.717, 1.165) is 25.2 Å². The molecule has 0 radical (unpaired) electrons. The van der Waals surface area contributed by atoms with Crippen LogP contribution in [0.15, 0.2) is 6.33 Å². The molecule has 0 aromatic carbocycles. The number of hydrogen-bond acceptors (Lipinski definition) is 5. The van der Waals surface area contributed by atoms with Crippen molar-refractivity contribution in [1.82, 2.24) is 9.97 Å². The van der Waals surface area contributed by atoms with Gasteiger partial charge < -0.3 is 14.7 Å². The van der Waals surface area contributed by atoms with E-state index in [1.807, 2.05) is 0 Å². The summed E-state index contributed by atoms with van der Waals surface area (Å²) in [6, 6.07) is 0.0241. The van der Waals surface area contributed by atoms with Crippen molar-refractivity contribution in [2.24, 2.45) is 0 Å². The predicted molar refractivity (Wildman–Crippen MR) is 72.3 cm³/mol. The fourth-order valence-electron chi connectivity index (χ4n) is 3.01. The Labute approximate surface area is 113 Å². The second-order valence-electron chi connectivity index (χ2n) is 5.29. The molecule has 5 heteroatoms. The minimum atomic E-state index is 0.0241. The van der Waals surface area contributed by atoms with Crippen LogP contribution in [-0.4, -0.2) is 47.5 Å². The Bertz CT molecular complexity index is 439. The standard InChI is InChI=1S/C14H21N3O2/c18-8-11-9-19-7-6-17(11)14-12-4-2-1-3-5-13(12)15-10-16-14/h10-11,18H,1-9H2. The van der Waals surface area contributed by atoms with Crippen LogP contribution in [0.2, 0.25) is 0 Å². The molecule has 1 fully saturated rings. The lowest BCUT2D eigenvalue weighted by atomic mass is 10.1. The van der Waals surface area contributed by atoms with Crippen LogP contribution in [-0.2, 0) is 17.6 Å². The van der Waals surface area contributed by atoms with E-state index in [9.17, 15) is 5.11 Å². The van der Waals surface area contributed by atoms with E-state index in [1.165, 1.54) is 30.5 Å². The Morgan fingerprint density at radius 3 is 3.05 bits per heavy atom. The molecule has 2 heterocycles. The molecular weight excluding hydrogens is 242 g/mol. The van der Waals surface area contributed by atoms with Crippen molar-refractivity contribution >= 4 is 5.82 Å². The topological polar surface area (TPSA) is 58.5 Å². The van der Waals surface area contributed by atoms with Crippen LogP contribution >= 0.6 is 0 Å².